The second-order valence-electron chi connectivity index (χ2n) is 5.76. The molecule has 2 rings (SSSR count). The fourth-order valence-corrected chi connectivity index (χ4v) is 2.77. The van der Waals surface area contributed by atoms with Gasteiger partial charge in [-0.2, -0.15) is 0 Å². The molecule has 0 spiro atoms. The molecule has 3 N–H and O–H groups in total. The Labute approximate surface area is 133 Å². The van der Waals surface area contributed by atoms with Crippen LogP contribution in [0.3, 0.4) is 0 Å². The Morgan fingerprint density at radius 1 is 1.24 bits per heavy atom. The van der Waals surface area contributed by atoms with Crippen molar-refractivity contribution in [3.63, 3.8) is 0 Å². The Hall–Kier alpha value is -1.10. The van der Waals surface area contributed by atoms with Crippen molar-refractivity contribution in [2.75, 3.05) is 18.4 Å². The zero-order valence-corrected chi connectivity index (χ0v) is 13.6. The highest BCUT2D eigenvalue weighted by atomic mass is 35.5. The Morgan fingerprint density at radius 2 is 1.81 bits per heavy atom. The van der Waals surface area contributed by atoms with Gasteiger partial charge in [0.1, 0.15) is 0 Å². The summed E-state index contributed by atoms with van der Waals surface area (Å²) in [6.07, 6.45) is 2.17. The summed E-state index contributed by atoms with van der Waals surface area (Å²) in [4.78, 5) is 14.5. The van der Waals surface area contributed by atoms with Crippen molar-refractivity contribution in [3.8, 4) is 0 Å². The van der Waals surface area contributed by atoms with Crippen LogP contribution in [0.15, 0.2) is 30.3 Å². The van der Waals surface area contributed by atoms with Gasteiger partial charge >= 0.3 is 0 Å². The van der Waals surface area contributed by atoms with Crippen molar-refractivity contribution in [2.24, 2.45) is 11.7 Å². The fourth-order valence-electron chi connectivity index (χ4n) is 2.77. The van der Waals surface area contributed by atoms with Crippen molar-refractivity contribution < 1.29 is 4.79 Å². The number of carbonyl (C=O) groups excluding carboxylic acids is 1. The molecule has 0 bridgehead atoms. The number of rotatable bonds is 4. The van der Waals surface area contributed by atoms with Gasteiger partial charge in [0.05, 0.1) is 6.04 Å². The van der Waals surface area contributed by atoms with E-state index in [1.54, 1.807) is 0 Å². The van der Waals surface area contributed by atoms with Gasteiger partial charge in [-0.05, 0) is 57.8 Å². The number of carbonyl (C=O) groups is 1. The zero-order valence-electron chi connectivity index (χ0n) is 12.8. The average Bonchev–Trinajstić information content (AvgIpc) is 2.47. The van der Waals surface area contributed by atoms with E-state index in [0.717, 1.165) is 31.6 Å². The van der Waals surface area contributed by atoms with Gasteiger partial charge < -0.3 is 11.1 Å². The first-order valence-electron chi connectivity index (χ1n) is 7.43. The Bertz CT molecular complexity index is 430. The van der Waals surface area contributed by atoms with E-state index in [4.69, 9.17) is 5.73 Å². The summed E-state index contributed by atoms with van der Waals surface area (Å²) in [7, 11) is 0. The molecular weight excluding hydrogens is 286 g/mol. The van der Waals surface area contributed by atoms with Crippen LogP contribution in [0.5, 0.6) is 0 Å². The third kappa shape index (κ3) is 4.99. The number of hydrogen-bond donors (Lipinski definition) is 2. The minimum absolute atomic E-state index is 0. The molecule has 1 heterocycles. The summed E-state index contributed by atoms with van der Waals surface area (Å²) in [5, 5.41) is 2.97. The van der Waals surface area contributed by atoms with E-state index < -0.39 is 0 Å². The minimum Gasteiger partial charge on any atom is -0.328 e. The molecule has 0 aromatic heterocycles. The van der Waals surface area contributed by atoms with Crippen LogP contribution in [0.4, 0.5) is 5.69 Å². The number of nitrogens with two attached hydrogens (primary N) is 1. The van der Waals surface area contributed by atoms with Gasteiger partial charge in [-0.3, -0.25) is 9.69 Å². The Balaban J connectivity index is 0.00000220. The molecule has 118 valence electrons. The largest absolute Gasteiger partial charge is 0.328 e. The van der Waals surface area contributed by atoms with E-state index in [0.29, 0.717) is 5.92 Å². The number of para-hydroxylation sites is 1. The topological polar surface area (TPSA) is 58.4 Å². The minimum atomic E-state index is -0.0933. The third-order valence-corrected chi connectivity index (χ3v) is 4.29. The van der Waals surface area contributed by atoms with Crippen molar-refractivity contribution in [1.29, 1.82) is 0 Å². The molecule has 0 radical (unpaired) electrons. The van der Waals surface area contributed by atoms with Crippen molar-refractivity contribution in [2.45, 2.75) is 38.8 Å². The van der Waals surface area contributed by atoms with Gasteiger partial charge in [0, 0.05) is 11.7 Å². The van der Waals surface area contributed by atoms with E-state index in [1.807, 2.05) is 37.3 Å². The number of nitrogens with one attached hydrogen (secondary N) is 1. The first-order valence-corrected chi connectivity index (χ1v) is 7.43. The van der Waals surface area contributed by atoms with Gasteiger partial charge in [0.25, 0.3) is 0 Å². The first kappa shape index (κ1) is 18.0. The summed E-state index contributed by atoms with van der Waals surface area (Å²) in [6.45, 7) is 5.96. The molecule has 1 fully saturated rings. The summed E-state index contributed by atoms with van der Waals surface area (Å²) in [6, 6.07) is 9.77. The van der Waals surface area contributed by atoms with Crippen molar-refractivity contribution >= 4 is 24.0 Å². The predicted molar refractivity (Wildman–Crippen MR) is 89.7 cm³/mol. The van der Waals surface area contributed by atoms with Gasteiger partial charge in [0.15, 0.2) is 0 Å². The van der Waals surface area contributed by atoms with Crippen LogP contribution in [0.1, 0.15) is 26.7 Å². The van der Waals surface area contributed by atoms with Gasteiger partial charge in [-0.1, -0.05) is 18.2 Å². The van der Waals surface area contributed by atoms with Crippen LogP contribution in [0.2, 0.25) is 0 Å². The Kier molecular flexibility index (Phi) is 7.15. The Morgan fingerprint density at radius 3 is 2.33 bits per heavy atom. The van der Waals surface area contributed by atoms with Gasteiger partial charge in [-0.15, -0.1) is 12.4 Å². The normalized spacial score (nSPS) is 19.4. The van der Waals surface area contributed by atoms with E-state index in [1.165, 1.54) is 0 Å². The molecule has 1 aliphatic heterocycles. The van der Waals surface area contributed by atoms with Gasteiger partial charge in [0.2, 0.25) is 5.91 Å². The molecule has 0 saturated carbocycles. The third-order valence-electron chi connectivity index (χ3n) is 4.29. The van der Waals surface area contributed by atoms with E-state index >= 15 is 0 Å². The molecule has 1 saturated heterocycles. The van der Waals surface area contributed by atoms with Crippen LogP contribution in [0, 0.1) is 5.92 Å². The predicted octanol–water partition coefficient (Wildman–Crippen LogP) is 2.49. The number of benzene rings is 1. The molecular formula is C16H26ClN3O. The summed E-state index contributed by atoms with van der Waals surface area (Å²) >= 11 is 0. The highest BCUT2D eigenvalue weighted by Crippen LogP contribution is 2.21. The first-order chi connectivity index (χ1) is 9.58. The maximum absolute atomic E-state index is 12.2. The standard InChI is InChI=1S/C16H25N3O.ClH/c1-12(17)14-8-10-19(11-9-14)13(2)16(20)18-15-6-4-3-5-7-15;/h3-7,12-14H,8-11,17H2,1-2H3,(H,18,20);1H. The average molecular weight is 312 g/mol. The number of amides is 1. The number of halogens is 1. The lowest BCUT2D eigenvalue weighted by Crippen LogP contribution is -2.48. The number of likely N-dealkylation sites (tertiary alicyclic amines) is 1. The van der Waals surface area contributed by atoms with E-state index in [2.05, 4.69) is 17.1 Å². The maximum Gasteiger partial charge on any atom is 0.241 e. The lowest BCUT2D eigenvalue weighted by atomic mass is 9.90. The molecule has 5 heteroatoms. The van der Waals surface area contributed by atoms with Crippen LogP contribution >= 0.6 is 12.4 Å². The summed E-state index contributed by atoms with van der Waals surface area (Å²) in [5.41, 5.74) is 6.81. The second-order valence-corrected chi connectivity index (χ2v) is 5.76. The molecule has 0 aliphatic carbocycles. The SMILES string of the molecule is CC(N)C1CCN(C(C)C(=O)Nc2ccccc2)CC1.Cl. The number of hydrogen-bond acceptors (Lipinski definition) is 3. The molecule has 1 amide bonds. The lowest BCUT2D eigenvalue weighted by molar-refractivity contribution is -0.121. The molecule has 1 aromatic carbocycles. The second kappa shape index (κ2) is 8.37. The summed E-state index contributed by atoms with van der Waals surface area (Å²) in [5.74, 6) is 0.658. The van der Waals surface area contributed by atoms with Crippen LogP contribution in [0.25, 0.3) is 0 Å². The highest BCUT2D eigenvalue weighted by molar-refractivity contribution is 5.94. The lowest BCUT2D eigenvalue weighted by Gasteiger charge is -2.36. The quantitative estimate of drug-likeness (QED) is 0.898. The molecule has 21 heavy (non-hydrogen) atoms. The maximum atomic E-state index is 12.2. The summed E-state index contributed by atoms with van der Waals surface area (Å²) < 4.78 is 0. The molecule has 1 aliphatic rings. The number of nitrogens with zero attached hydrogens (tertiary/aromatic N) is 1. The van der Waals surface area contributed by atoms with Gasteiger partial charge in [-0.25, -0.2) is 0 Å². The number of anilines is 1. The van der Waals surface area contributed by atoms with Crippen molar-refractivity contribution in [3.05, 3.63) is 30.3 Å². The van der Waals surface area contributed by atoms with Crippen LogP contribution < -0.4 is 11.1 Å². The van der Waals surface area contributed by atoms with Crippen LogP contribution in [-0.2, 0) is 4.79 Å². The number of piperidine rings is 1. The van der Waals surface area contributed by atoms with Crippen LogP contribution in [-0.4, -0.2) is 36.0 Å². The molecule has 4 nitrogen and oxygen atoms in total. The molecule has 2 atom stereocenters. The fraction of sp³-hybridized carbons (Fsp3) is 0.562. The zero-order chi connectivity index (χ0) is 14.5. The monoisotopic (exact) mass is 311 g/mol. The smallest absolute Gasteiger partial charge is 0.241 e. The van der Waals surface area contributed by atoms with Crippen molar-refractivity contribution in [1.82, 2.24) is 4.90 Å². The highest BCUT2D eigenvalue weighted by Gasteiger charge is 2.27. The van der Waals surface area contributed by atoms with E-state index in [9.17, 15) is 4.79 Å². The molecule has 1 aromatic rings. The van der Waals surface area contributed by atoms with E-state index in [-0.39, 0.29) is 30.4 Å². The molecule has 2 unspecified atom stereocenters.